The summed E-state index contributed by atoms with van der Waals surface area (Å²) in [4.78, 5) is 13.4. The first-order valence-corrected chi connectivity index (χ1v) is 13.1. The fraction of sp³-hybridized carbons (Fsp3) is 0.346. The van der Waals surface area contributed by atoms with E-state index in [2.05, 4.69) is 20.3 Å². The number of rotatable bonds is 10. The predicted molar refractivity (Wildman–Crippen MR) is 143 cm³/mol. The van der Waals surface area contributed by atoms with E-state index in [1.54, 1.807) is 36.4 Å². The van der Waals surface area contributed by atoms with Crippen molar-refractivity contribution in [2.75, 3.05) is 0 Å². The minimum Gasteiger partial charge on any atom is -0.386 e. The number of nitrogens with two attached hydrogens (primary N) is 2. The van der Waals surface area contributed by atoms with Gasteiger partial charge in [-0.25, -0.2) is 13.7 Å². The minimum absolute atomic E-state index is 0.272. The van der Waals surface area contributed by atoms with Crippen molar-refractivity contribution in [3.63, 3.8) is 0 Å². The molecule has 0 bridgehead atoms. The van der Waals surface area contributed by atoms with Gasteiger partial charge in [0.25, 0.3) is 0 Å². The number of halogens is 4. The average Bonchev–Trinajstić information content (AvgIpc) is 2.89. The molecule has 0 saturated heterocycles. The van der Waals surface area contributed by atoms with Gasteiger partial charge in [0.2, 0.25) is 0 Å². The van der Waals surface area contributed by atoms with Crippen LogP contribution in [-0.4, -0.2) is 45.9 Å². The predicted octanol–water partition coefficient (Wildman–Crippen LogP) is 4.20. The molecule has 2 aromatic rings. The summed E-state index contributed by atoms with van der Waals surface area (Å²) in [6, 6.07) is 10.8. The van der Waals surface area contributed by atoms with Gasteiger partial charge < -0.3 is 11.1 Å². The summed E-state index contributed by atoms with van der Waals surface area (Å²) < 4.78 is 66.6. The average molecular weight is 551 g/mol. The van der Waals surface area contributed by atoms with Gasteiger partial charge >= 0.3 is 6.18 Å². The van der Waals surface area contributed by atoms with E-state index in [9.17, 15) is 21.8 Å². The first-order chi connectivity index (χ1) is 18.0. The second kappa shape index (κ2) is 12.4. The van der Waals surface area contributed by atoms with Crippen LogP contribution in [0.5, 0.6) is 0 Å². The third-order valence-corrected chi connectivity index (χ3v) is 7.09. The van der Waals surface area contributed by atoms with Crippen molar-refractivity contribution in [2.45, 2.75) is 61.9 Å². The van der Waals surface area contributed by atoms with E-state index in [1.165, 1.54) is 44.5 Å². The Labute approximate surface area is 221 Å². The summed E-state index contributed by atoms with van der Waals surface area (Å²) >= 11 is 0. The summed E-state index contributed by atoms with van der Waals surface area (Å²) in [7, 11) is -1.57. The molecule has 3 atom stereocenters. The van der Waals surface area contributed by atoms with Crippen molar-refractivity contribution < 1.29 is 21.8 Å². The first kappa shape index (κ1) is 29.2. The van der Waals surface area contributed by atoms with E-state index >= 15 is 0 Å². The second-order valence-electron chi connectivity index (χ2n) is 8.70. The molecule has 1 aliphatic rings. The Morgan fingerprint density at radius 1 is 1.11 bits per heavy atom. The Kier molecular flexibility index (Phi) is 9.55. The van der Waals surface area contributed by atoms with Gasteiger partial charge in [-0.15, -0.1) is 0 Å². The quantitative estimate of drug-likeness (QED) is 0.234. The highest BCUT2D eigenvalue weighted by Gasteiger charge is 2.53. The Morgan fingerprint density at radius 2 is 1.74 bits per heavy atom. The normalized spacial score (nSPS) is 19.4. The molecule has 3 unspecified atom stereocenters. The maximum atomic E-state index is 14.0. The van der Waals surface area contributed by atoms with E-state index in [4.69, 9.17) is 10.9 Å². The lowest BCUT2D eigenvalue weighted by Gasteiger charge is -2.32. The standard InChI is InChI=1S/C26H30F4N6OS/c1-3-25(4-2,26(28,29)30)36-24(31)23-22(14-13-21(35-23)18-7-9-19(27)10-8-18)34-16-33-15-17-5-11-20(12-6-17)38(32)37/h5-14,16,22-23H,3-4,15,32H2,1-2H3,(H2,31,36)(H,33,34). The molecule has 38 heavy (non-hydrogen) atoms. The van der Waals surface area contributed by atoms with Crippen LogP contribution in [0.3, 0.4) is 0 Å². The molecule has 0 aromatic heterocycles. The molecule has 7 nitrogen and oxygen atoms in total. The molecular weight excluding hydrogens is 520 g/mol. The lowest BCUT2D eigenvalue weighted by molar-refractivity contribution is -0.186. The number of nitrogens with zero attached hydrogens (tertiary/aromatic N) is 3. The third-order valence-electron chi connectivity index (χ3n) is 6.35. The van der Waals surface area contributed by atoms with Crippen molar-refractivity contribution in [3.05, 3.63) is 77.6 Å². The van der Waals surface area contributed by atoms with Crippen molar-refractivity contribution in [1.82, 2.24) is 5.32 Å². The zero-order valence-corrected chi connectivity index (χ0v) is 21.8. The van der Waals surface area contributed by atoms with E-state index < -0.39 is 40.6 Å². The summed E-state index contributed by atoms with van der Waals surface area (Å²) in [6.45, 7) is 3.13. The SMILES string of the molecule is CCC(CC)(N=C(N)C1N=C(c2ccc(F)cc2)C=CC1NC=NCc1ccc(S(N)=O)cc1)C(F)(F)F. The zero-order chi connectivity index (χ0) is 27.9. The Bertz CT molecular complexity index is 1240. The molecular formula is C26H30F4N6OS. The van der Waals surface area contributed by atoms with Crippen LogP contribution in [0.15, 0.2) is 80.6 Å². The van der Waals surface area contributed by atoms with E-state index in [-0.39, 0.29) is 18.7 Å². The molecule has 0 fully saturated rings. The highest BCUT2D eigenvalue weighted by atomic mass is 32.2. The van der Waals surface area contributed by atoms with Gasteiger partial charge in [-0.3, -0.25) is 15.0 Å². The van der Waals surface area contributed by atoms with Crippen LogP contribution < -0.4 is 16.2 Å². The maximum Gasteiger partial charge on any atom is 0.413 e. The van der Waals surface area contributed by atoms with Crippen molar-refractivity contribution in [3.8, 4) is 0 Å². The fourth-order valence-corrected chi connectivity index (χ4v) is 4.37. The molecule has 2 aromatic carbocycles. The minimum atomic E-state index is -4.59. The van der Waals surface area contributed by atoms with Crippen LogP contribution in [0.4, 0.5) is 17.6 Å². The van der Waals surface area contributed by atoms with Gasteiger partial charge in [0.15, 0.2) is 5.54 Å². The third kappa shape index (κ3) is 6.93. The Balaban J connectivity index is 1.86. The van der Waals surface area contributed by atoms with Gasteiger partial charge in [0, 0.05) is 0 Å². The Morgan fingerprint density at radius 3 is 2.29 bits per heavy atom. The smallest absolute Gasteiger partial charge is 0.386 e. The van der Waals surface area contributed by atoms with Gasteiger partial charge in [0.05, 0.1) is 29.5 Å². The summed E-state index contributed by atoms with van der Waals surface area (Å²) in [5.74, 6) is -0.694. The molecule has 0 aliphatic carbocycles. The topological polar surface area (TPSA) is 118 Å². The molecule has 12 heteroatoms. The van der Waals surface area contributed by atoms with E-state index in [0.717, 1.165) is 5.56 Å². The number of alkyl halides is 3. The first-order valence-electron chi connectivity index (χ1n) is 11.9. The summed E-state index contributed by atoms with van der Waals surface area (Å²) in [6.07, 6.45) is -0.319. The molecule has 0 saturated carbocycles. The molecule has 0 amide bonds. The molecule has 5 N–H and O–H groups in total. The number of allylic oxidation sites excluding steroid dienone is 1. The zero-order valence-electron chi connectivity index (χ0n) is 21.0. The van der Waals surface area contributed by atoms with Crippen LogP contribution in [-0.2, 0) is 17.5 Å². The highest BCUT2D eigenvalue weighted by Crippen LogP contribution is 2.39. The van der Waals surface area contributed by atoms with E-state index in [1.807, 2.05) is 0 Å². The molecule has 1 aliphatic heterocycles. The lowest BCUT2D eigenvalue weighted by Crippen LogP contribution is -2.50. The number of nitrogens with one attached hydrogen (secondary N) is 1. The van der Waals surface area contributed by atoms with Gasteiger partial charge in [-0.2, -0.15) is 13.2 Å². The number of benzene rings is 2. The number of aliphatic imine (C=N–C) groups is 3. The van der Waals surface area contributed by atoms with Gasteiger partial charge in [-0.1, -0.05) is 32.1 Å². The van der Waals surface area contributed by atoms with Crippen molar-refractivity contribution in [1.29, 1.82) is 0 Å². The monoisotopic (exact) mass is 550 g/mol. The van der Waals surface area contributed by atoms with Crippen molar-refractivity contribution in [2.24, 2.45) is 25.8 Å². The largest absolute Gasteiger partial charge is 0.413 e. The van der Waals surface area contributed by atoms with Crippen LogP contribution in [0.25, 0.3) is 0 Å². The maximum absolute atomic E-state index is 14.0. The highest BCUT2D eigenvalue weighted by molar-refractivity contribution is 7.82. The molecule has 3 rings (SSSR count). The van der Waals surface area contributed by atoms with Crippen LogP contribution in [0.1, 0.15) is 37.8 Å². The molecule has 204 valence electrons. The number of amidine groups is 1. The van der Waals surface area contributed by atoms with Crippen molar-refractivity contribution >= 4 is 28.9 Å². The molecule has 1 heterocycles. The summed E-state index contributed by atoms with van der Waals surface area (Å²) in [5, 5.41) is 8.39. The van der Waals surface area contributed by atoms with Crippen LogP contribution >= 0.6 is 0 Å². The second-order valence-corrected chi connectivity index (χ2v) is 9.77. The molecule has 0 spiro atoms. The van der Waals surface area contributed by atoms with Gasteiger partial charge in [0.1, 0.15) is 28.7 Å². The Hall–Kier alpha value is -3.38. The van der Waals surface area contributed by atoms with Crippen LogP contribution in [0.2, 0.25) is 0 Å². The number of hydrogen-bond acceptors (Lipinski definition) is 4. The van der Waals surface area contributed by atoms with E-state index in [0.29, 0.717) is 22.7 Å². The van der Waals surface area contributed by atoms with Crippen LogP contribution in [0, 0.1) is 5.82 Å². The number of dihydropyridines is 1. The molecule has 0 radical (unpaired) electrons. The number of hydrogen-bond donors (Lipinski definition) is 3. The fourth-order valence-electron chi connectivity index (χ4n) is 3.97. The summed E-state index contributed by atoms with van der Waals surface area (Å²) in [5.41, 5.74) is 5.73. The van der Waals surface area contributed by atoms with Gasteiger partial charge in [-0.05, 0) is 66.4 Å². The lowest BCUT2D eigenvalue weighted by atomic mass is 9.92.